The Balaban J connectivity index is 1.81. The number of pyridine rings is 1. The third-order valence-electron chi connectivity index (χ3n) is 5.59. The first-order valence-corrected chi connectivity index (χ1v) is 11.2. The predicted molar refractivity (Wildman–Crippen MR) is 122 cm³/mol. The van der Waals surface area contributed by atoms with Crippen molar-refractivity contribution in [1.29, 1.82) is 0 Å². The van der Waals surface area contributed by atoms with Crippen molar-refractivity contribution in [2.75, 3.05) is 0 Å². The molecular weight excluding hydrogens is 422 g/mol. The number of fused-ring (bicyclic) bond motifs is 1. The minimum Gasteiger partial charge on any atom is -0.465 e. The van der Waals surface area contributed by atoms with Crippen molar-refractivity contribution in [2.45, 2.75) is 71.6 Å². The summed E-state index contributed by atoms with van der Waals surface area (Å²) in [7, 11) is 0. The number of carbonyl (C=O) groups excluding carboxylic acids is 2. The van der Waals surface area contributed by atoms with Crippen LogP contribution in [0.15, 0.2) is 42.5 Å². The van der Waals surface area contributed by atoms with E-state index >= 15 is 0 Å². The van der Waals surface area contributed by atoms with Crippen LogP contribution < -0.4 is 0 Å². The minimum atomic E-state index is -1.00. The van der Waals surface area contributed by atoms with Crippen LogP contribution in [0.25, 0.3) is 0 Å². The Labute approximate surface area is 194 Å². The van der Waals surface area contributed by atoms with Crippen LogP contribution in [0.3, 0.4) is 0 Å². The lowest BCUT2D eigenvalue weighted by atomic mass is 9.97. The van der Waals surface area contributed by atoms with Crippen molar-refractivity contribution in [3.05, 3.63) is 65.0 Å². The Morgan fingerprint density at radius 2 is 1.70 bits per heavy atom. The van der Waals surface area contributed by atoms with Crippen LogP contribution in [0.1, 0.15) is 91.5 Å². The van der Waals surface area contributed by atoms with Crippen molar-refractivity contribution >= 4 is 17.9 Å². The first-order valence-electron chi connectivity index (χ1n) is 11.2. The van der Waals surface area contributed by atoms with Gasteiger partial charge in [0, 0.05) is 5.54 Å². The largest absolute Gasteiger partial charge is 0.465 e. The molecule has 1 aliphatic heterocycles. The molecule has 0 fully saturated rings. The Morgan fingerprint density at radius 1 is 1.06 bits per heavy atom. The van der Waals surface area contributed by atoms with Gasteiger partial charge in [-0.25, -0.2) is 4.79 Å². The summed E-state index contributed by atoms with van der Waals surface area (Å²) in [6.07, 6.45) is 2.54. The van der Waals surface area contributed by atoms with Crippen LogP contribution in [0.2, 0.25) is 0 Å². The Morgan fingerprint density at radius 3 is 2.24 bits per heavy atom. The van der Waals surface area contributed by atoms with Crippen molar-refractivity contribution in [3.63, 3.8) is 0 Å². The molecule has 0 saturated heterocycles. The Bertz CT molecular complexity index is 996. The zero-order valence-electron chi connectivity index (χ0n) is 19.6. The molecule has 2 heterocycles. The topological polar surface area (TPSA) is 100 Å². The number of amides is 3. The zero-order valence-corrected chi connectivity index (χ0v) is 19.6. The van der Waals surface area contributed by atoms with Crippen molar-refractivity contribution < 1.29 is 24.3 Å². The van der Waals surface area contributed by atoms with Crippen LogP contribution in [0.5, 0.6) is 0 Å². The number of hydrogen-bond donors (Lipinski definition) is 1. The highest BCUT2D eigenvalue weighted by molar-refractivity contribution is 6.20. The summed E-state index contributed by atoms with van der Waals surface area (Å²) in [4.78, 5) is 48.8. The average molecular weight is 454 g/mol. The van der Waals surface area contributed by atoms with Gasteiger partial charge in [-0.05, 0) is 51.5 Å². The summed E-state index contributed by atoms with van der Waals surface area (Å²) in [5.74, 6) is -1.01. The van der Waals surface area contributed by atoms with E-state index in [1.54, 1.807) is 36.4 Å². The van der Waals surface area contributed by atoms with E-state index in [2.05, 4.69) is 11.9 Å². The molecule has 1 atom stereocenters. The monoisotopic (exact) mass is 453 g/mol. The van der Waals surface area contributed by atoms with Gasteiger partial charge in [-0.2, -0.15) is 0 Å². The van der Waals surface area contributed by atoms with E-state index in [0.29, 0.717) is 28.9 Å². The molecule has 8 nitrogen and oxygen atoms in total. The fourth-order valence-electron chi connectivity index (χ4n) is 4.06. The van der Waals surface area contributed by atoms with Gasteiger partial charge in [0.2, 0.25) is 0 Å². The molecular formula is C25H31N3O5. The second kappa shape index (κ2) is 10.1. The summed E-state index contributed by atoms with van der Waals surface area (Å²) in [6, 6.07) is 11.5. The molecule has 3 amide bonds. The highest BCUT2D eigenvalue weighted by Gasteiger charge is 2.37. The number of imide groups is 1. The number of rotatable bonds is 9. The number of unbranched alkanes of at least 4 members (excludes halogenated alkanes) is 2. The van der Waals surface area contributed by atoms with Gasteiger partial charge >= 0.3 is 6.09 Å². The molecule has 1 unspecified atom stereocenters. The van der Waals surface area contributed by atoms with Gasteiger partial charge in [0.1, 0.15) is 6.61 Å². The van der Waals surface area contributed by atoms with E-state index in [-0.39, 0.29) is 6.61 Å². The van der Waals surface area contributed by atoms with Crippen LogP contribution in [0, 0.1) is 0 Å². The summed E-state index contributed by atoms with van der Waals surface area (Å²) < 4.78 is 0. The molecule has 0 aliphatic carbocycles. The number of carbonyl (C=O) groups is 3. The van der Waals surface area contributed by atoms with Crippen molar-refractivity contribution in [3.8, 4) is 0 Å². The smallest absolute Gasteiger partial charge is 0.408 e. The lowest BCUT2D eigenvalue weighted by Gasteiger charge is -2.39. The highest BCUT2D eigenvalue weighted by Crippen LogP contribution is 2.32. The van der Waals surface area contributed by atoms with Gasteiger partial charge in [0.15, 0.2) is 0 Å². The van der Waals surface area contributed by atoms with Crippen LogP contribution >= 0.6 is 0 Å². The molecule has 8 heteroatoms. The third-order valence-corrected chi connectivity index (χ3v) is 5.59. The maximum absolute atomic E-state index is 12.5. The number of aromatic nitrogens is 1. The Hall–Kier alpha value is -3.26. The second-order valence-electron chi connectivity index (χ2n) is 9.11. The van der Waals surface area contributed by atoms with E-state index in [1.807, 2.05) is 26.8 Å². The molecule has 3 rings (SSSR count). The molecule has 0 bridgehead atoms. The number of benzene rings is 1. The van der Waals surface area contributed by atoms with Gasteiger partial charge in [0.05, 0.1) is 28.6 Å². The zero-order chi connectivity index (χ0) is 24.2. The first kappa shape index (κ1) is 24.4. The molecule has 2 aromatic rings. The summed E-state index contributed by atoms with van der Waals surface area (Å²) in [6.45, 7) is 7.60. The summed E-state index contributed by atoms with van der Waals surface area (Å²) >= 11 is 0. The molecule has 0 spiro atoms. The maximum Gasteiger partial charge on any atom is 0.408 e. The molecule has 1 aromatic heterocycles. The van der Waals surface area contributed by atoms with Crippen LogP contribution in [0.4, 0.5) is 4.79 Å². The molecule has 33 heavy (non-hydrogen) atoms. The second-order valence-corrected chi connectivity index (χ2v) is 9.11. The third kappa shape index (κ3) is 5.39. The van der Waals surface area contributed by atoms with Gasteiger partial charge in [-0.3, -0.25) is 24.3 Å². The average Bonchev–Trinajstić information content (AvgIpc) is 3.01. The fourth-order valence-corrected chi connectivity index (χ4v) is 4.06. The first-order chi connectivity index (χ1) is 15.6. The van der Waals surface area contributed by atoms with Crippen molar-refractivity contribution in [2.24, 2.45) is 0 Å². The van der Waals surface area contributed by atoms with E-state index in [1.165, 1.54) is 4.90 Å². The van der Waals surface area contributed by atoms with E-state index in [9.17, 15) is 19.5 Å². The molecule has 1 N–H and O–H groups in total. The maximum atomic E-state index is 12.5. The Kier molecular flexibility index (Phi) is 7.48. The van der Waals surface area contributed by atoms with E-state index in [0.717, 1.165) is 24.3 Å². The van der Waals surface area contributed by atoms with Crippen LogP contribution in [-0.2, 0) is 11.4 Å². The summed E-state index contributed by atoms with van der Waals surface area (Å²) in [5.41, 5.74) is 1.12. The molecule has 1 aromatic carbocycles. The van der Waals surface area contributed by atoms with Crippen LogP contribution in [-0.4, -0.2) is 43.5 Å². The quantitative estimate of drug-likeness (QED) is 0.413. The summed E-state index contributed by atoms with van der Waals surface area (Å²) in [5, 5.41) is 10.7. The number of hydroxylamine groups is 2. The minimum absolute atomic E-state index is 0.0937. The standard InChI is InChI=1S/C25H31N3O5/c1-5-6-7-15-21(27(24(31)32)25(2,3)4)20-14-10-11-17(26-20)16-33-28-22(29)18-12-8-9-13-19(18)23(28)30/h8-14,21H,5-7,15-16H2,1-4H3,(H,31,32). The molecule has 1 aliphatic rings. The normalized spacial score (nSPS) is 14.4. The highest BCUT2D eigenvalue weighted by atomic mass is 16.7. The lowest BCUT2D eigenvalue weighted by Crippen LogP contribution is -2.47. The van der Waals surface area contributed by atoms with Crippen molar-refractivity contribution in [1.82, 2.24) is 14.9 Å². The van der Waals surface area contributed by atoms with E-state index < -0.39 is 29.5 Å². The predicted octanol–water partition coefficient (Wildman–Crippen LogP) is 5.21. The van der Waals surface area contributed by atoms with E-state index in [4.69, 9.17) is 4.84 Å². The van der Waals surface area contributed by atoms with Gasteiger partial charge in [-0.15, -0.1) is 5.06 Å². The van der Waals surface area contributed by atoms with Gasteiger partial charge < -0.3 is 5.11 Å². The molecule has 176 valence electrons. The number of hydrogen-bond acceptors (Lipinski definition) is 5. The molecule has 0 radical (unpaired) electrons. The lowest BCUT2D eigenvalue weighted by molar-refractivity contribution is -0.102. The number of nitrogens with zero attached hydrogens (tertiary/aromatic N) is 3. The molecule has 0 saturated carbocycles. The number of carboxylic acid groups (broad SMARTS) is 1. The SMILES string of the molecule is CCCCCC(c1cccc(CON2C(=O)c3ccccc3C2=O)n1)N(C(=O)O)C(C)(C)C. The van der Waals surface area contributed by atoms with Gasteiger partial charge in [0.25, 0.3) is 11.8 Å². The fraction of sp³-hybridized carbons (Fsp3) is 0.440. The van der Waals surface area contributed by atoms with Gasteiger partial charge in [-0.1, -0.05) is 44.4 Å².